The van der Waals surface area contributed by atoms with Gasteiger partial charge in [0.1, 0.15) is 6.61 Å². The van der Waals surface area contributed by atoms with Crippen molar-refractivity contribution in [2.75, 3.05) is 13.2 Å². The maximum atomic E-state index is 11.9. The average Bonchev–Trinajstić information content (AvgIpc) is 2.64. The van der Waals surface area contributed by atoms with E-state index in [1.54, 1.807) is 26.0 Å². The van der Waals surface area contributed by atoms with Crippen LogP contribution in [0.5, 0.6) is 0 Å². The number of aliphatic hydroxyl groups excluding tert-OH is 2. The third kappa shape index (κ3) is 5.95. The lowest BCUT2D eigenvalue weighted by atomic mass is 10.0. The summed E-state index contributed by atoms with van der Waals surface area (Å²) in [6.07, 6.45) is -1.25. The molecular formula is C21H26O5. The third-order valence-corrected chi connectivity index (χ3v) is 3.88. The molecule has 5 nitrogen and oxygen atoms in total. The number of hydrogen-bond donors (Lipinski definition) is 2. The van der Waals surface area contributed by atoms with Crippen LogP contribution < -0.4 is 0 Å². The molecule has 0 amide bonds. The van der Waals surface area contributed by atoms with Crippen molar-refractivity contribution < 1.29 is 24.5 Å². The van der Waals surface area contributed by atoms with Gasteiger partial charge in [-0.3, -0.25) is 0 Å². The minimum Gasteiger partial charge on any atom is -0.459 e. The Morgan fingerprint density at radius 2 is 1.35 bits per heavy atom. The first-order valence-corrected chi connectivity index (χ1v) is 8.72. The van der Waals surface area contributed by atoms with Gasteiger partial charge in [-0.25, -0.2) is 4.79 Å². The van der Waals surface area contributed by atoms with Gasteiger partial charge in [0.15, 0.2) is 0 Å². The minimum atomic E-state index is -0.677. The topological polar surface area (TPSA) is 76.0 Å². The molecule has 26 heavy (non-hydrogen) atoms. The molecule has 0 saturated carbocycles. The smallest absolute Gasteiger partial charge is 0.338 e. The van der Waals surface area contributed by atoms with E-state index in [1.165, 1.54) is 0 Å². The highest BCUT2D eigenvalue weighted by atomic mass is 16.5. The number of carbonyl (C=O) groups is 1. The van der Waals surface area contributed by atoms with Gasteiger partial charge >= 0.3 is 5.97 Å². The van der Waals surface area contributed by atoms with Gasteiger partial charge in [0, 0.05) is 0 Å². The molecule has 2 aromatic carbocycles. The molecule has 0 aliphatic rings. The second-order valence-corrected chi connectivity index (χ2v) is 6.47. The largest absolute Gasteiger partial charge is 0.459 e. The van der Waals surface area contributed by atoms with E-state index in [2.05, 4.69) is 0 Å². The number of benzene rings is 2. The maximum Gasteiger partial charge on any atom is 0.338 e. The molecule has 0 heterocycles. The second kappa shape index (κ2) is 9.48. The van der Waals surface area contributed by atoms with Gasteiger partial charge < -0.3 is 19.7 Å². The summed E-state index contributed by atoms with van der Waals surface area (Å²) in [5.41, 5.74) is 3.50. The van der Waals surface area contributed by atoms with Crippen molar-refractivity contribution in [1.82, 2.24) is 0 Å². The summed E-state index contributed by atoms with van der Waals surface area (Å²) in [7, 11) is 0. The number of carbonyl (C=O) groups excluding carboxylic acids is 1. The number of hydrogen-bond acceptors (Lipinski definition) is 5. The van der Waals surface area contributed by atoms with Crippen LogP contribution in [0.25, 0.3) is 11.1 Å². The summed E-state index contributed by atoms with van der Waals surface area (Å²) in [6, 6.07) is 15.1. The van der Waals surface area contributed by atoms with Crippen molar-refractivity contribution >= 4 is 5.97 Å². The van der Waals surface area contributed by atoms with Crippen LogP contribution in [0.2, 0.25) is 0 Å². The van der Waals surface area contributed by atoms with Crippen LogP contribution in [0, 0.1) is 0 Å². The van der Waals surface area contributed by atoms with Crippen molar-refractivity contribution in [3.8, 4) is 11.1 Å². The van der Waals surface area contributed by atoms with Crippen molar-refractivity contribution in [1.29, 1.82) is 0 Å². The molecule has 3 atom stereocenters. The van der Waals surface area contributed by atoms with E-state index in [9.17, 15) is 9.90 Å². The highest BCUT2D eigenvalue weighted by molar-refractivity contribution is 5.90. The van der Waals surface area contributed by atoms with Gasteiger partial charge in [-0.1, -0.05) is 36.4 Å². The SMILES string of the molecule is CC(O)COC(=O)c1ccc(-c2ccc(C(C)OCC(C)O)cc2)cc1. The predicted octanol–water partition coefficient (Wildman–Crippen LogP) is 3.35. The molecule has 3 unspecified atom stereocenters. The van der Waals surface area contributed by atoms with Crippen LogP contribution >= 0.6 is 0 Å². The lowest BCUT2D eigenvalue weighted by Crippen LogP contribution is -2.15. The molecule has 0 radical (unpaired) electrons. The molecule has 0 fully saturated rings. The van der Waals surface area contributed by atoms with E-state index in [1.807, 2.05) is 43.3 Å². The Morgan fingerprint density at radius 1 is 0.846 bits per heavy atom. The lowest BCUT2D eigenvalue weighted by Gasteiger charge is -2.15. The maximum absolute atomic E-state index is 11.9. The van der Waals surface area contributed by atoms with Gasteiger partial charge in [0.25, 0.3) is 0 Å². The fourth-order valence-electron chi connectivity index (χ4n) is 2.40. The summed E-state index contributed by atoms with van der Waals surface area (Å²) in [6.45, 7) is 5.49. The van der Waals surface area contributed by atoms with Crippen LogP contribution in [0.15, 0.2) is 48.5 Å². The molecule has 0 aliphatic heterocycles. The molecule has 2 aromatic rings. The number of esters is 1. The summed E-state index contributed by atoms with van der Waals surface area (Å²) >= 11 is 0. The zero-order valence-corrected chi connectivity index (χ0v) is 15.4. The highest BCUT2D eigenvalue weighted by Gasteiger charge is 2.10. The first kappa shape index (κ1) is 20.1. The Kier molecular flexibility index (Phi) is 7.33. The van der Waals surface area contributed by atoms with Crippen molar-refractivity contribution in [3.63, 3.8) is 0 Å². The molecule has 0 saturated heterocycles. The Labute approximate surface area is 154 Å². The van der Waals surface area contributed by atoms with E-state index < -0.39 is 18.2 Å². The van der Waals surface area contributed by atoms with E-state index in [4.69, 9.17) is 14.6 Å². The monoisotopic (exact) mass is 358 g/mol. The van der Waals surface area contributed by atoms with Crippen molar-refractivity contribution in [2.24, 2.45) is 0 Å². The molecule has 0 aliphatic carbocycles. The van der Waals surface area contributed by atoms with Crippen LogP contribution in [0.4, 0.5) is 0 Å². The van der Waals surface area contributed by atoms with Gasteiger partial charge in [-0.05, 0) is 49.6 Å². The molecule has 5 heteroatoms. The first-order valence-electron chi connectivity index (χ1n) is 8.72. The quantitative estimate of drug-likeness (QED) is 0.708. The normalized spacial score (nSPS) is 14.5. The number of aliphatic hydroxyl groups is 2. The van der Waals surface area contributed by atoms with Gasteiger partial charge in [0.05, 0.1) is 30.5 Å². The van der Waals surface area contributed by atoms with Crippen molar-refractivity contribution in [2.45, 2.75) is 39.1 Å². The fourth-order valence-corrected chi connectivity index (χ4v) is 2.40. The second-order valence-electron chi connectivity index (χ2n) is 6.47. The number of ether oxygens (including phenoxy) is 2. The Bertz CT molecular complexity index is 689. The van der Waals surface area contributed by atoms with E-state index in [0.29, 0.717) is 12.2 Å². The Hall–Kier alpha value is -2.21. The van der Waals surface area contributed by atoms with Gasteiger partial charge in [-0.2, -0.15) is 0 Å². The highest BCUT2D eigenvalue weighted by Crippen LogP contribution is 2.24. The van der Waals surface area contributed by atoms with E-state index >= 15 is 0 Å². The zero-order chi connectivity index (χ0) is 19.1. The van der Waals surface area contributed by atoms with Gasteiger partial charge in [0.2, 0.25) is 0 Å². The first-order chi connectivity index (χ1) is 12.4. The zero-order valence-electron chi connectivity index (χ0n) is 15.4. The van der Waals surface area contributed by atoms with Crippen molar-refractivity contribution in [3.05, 3.63) is 59.7 Å². The third-order valence-electron chi connectivity index (χ3n) is 3.88. The Morgan fingerprint density at radius 3 is 1.85 bits per heavy atom. The molecule has 0 bridgehead atoms. The number of rotatable bonds is 8. The summed E-state index contributed by atoms with van der Waals surface area (Å²) in [5, 5.41) is 18.5. The predicted molar refractivity (Wildman–Crippen MR) is 99.9 cm³/mol. The summed E-state index contributed by atoms with van der Waals surface area (Å²) in [5.74, 6) is -0.447. The molecule has 0 aromatic heterocycles. The summed E-state index contributed by atoms with van der Waals surface area (Å²) < 4.78 is 10.6. The van der Waals surface area contributed by atoms with E-state index in [-0.39, 0.29) is 12.7 Å². The molecule has 2 rings (SSSR count). The van der Waals surface area contributed by atoms with Crippen LogP contribution in [-0.4, -0.2) is 41.6 Å². The van der Waals surface area contributed by atoms with Crippen LogP contribution in [0.1, 0.15) is 42.8 Å². The fraction of sp³-hybridized carbons (Fsp3) is 0.381. The molecule has 0 spiro atoms. The average molecular weight is 358 g/mol. The molecule has 140 valence electrons. The van der Waals surface area contributed by atoms with Crippen LogP contribution in [0.3, 0.4) is 0 Å². The standard InChI is InChI=1S/C21H26O5/c1-14(22)12-25-16(3)17-4-6-18(7-5-17)19-8-10-20(11-9-19)21(24)26-13-15(2)23/h4-11,14-16,22-23H,12-13H2,1-3H3. The van der Waals surface area contributed by atoms with E-state index in [0.717, 1.165) is 16.7 Å². The van der Waals surface area contributed by atoms with Crippen LogP contribution in [-0.2, 0) is 9.47 Å². The lowest BCUT2D eigenvalue weighted by molar-refractivity contribution is 0.00450. The van der Waals surface area contributed by atoms with Gasteiger partial charge in [-0.15, -0.1) is 0 Å². The summed E-state index contributed by atoms with van der Waals surface area (Å²) in [4.78, 5) is 11.9. The molecular weight excluding hydrogens is 332 g/mol. The Balaban J connectivity index is 2.01. The molecule has 2 N–H and O–H groups in total. The minimum absolute atomic E-state index is 0.0165.